The Labute approximate surface area is 123 Å². The summed E-state index contributed by atoms with van der Waals surface area (Å²) in [7, 11) is 0. The van der Waals surface area contributed by atoms with Gasteiger partial charge in [0.25, 0.3) is 0 Å². The van der Waals surface area contributed by atoms with Crippen LogP contribution in [0, 0.1) is 0 Å². The summed E-state index contributed by atoms with van der Waals surface area (Å²) < 4.78 is 10.2. The van der Waals surface area contributed by atoms with E-state index < -0.39 is 0 Å². The van der Waals surface area contributed by atoms with E-state index in [1.807, 2.05) is 0 Å². The lowest BCUT2D eigenvalue weighted by atomic mass is 10.2. The summed E-state index contributed by atoms with van der Waals surface area (Å²) in [5.74, 6) is -0.231. The maximum Gasteiger partial charge on any atom is 0.305 e. The molecule has 4 nitrogen and oxygen atoms in total. The summed E-state index contributed by atoms with van der Waals surface area (Å²) >= 11 is 0. The third kappa shape index (κ3) is 13.4. The number of hydrogen-bond acceptors (Lipinski definition) is 4. The van der Waals surface area contributed by atoms with Gasteiger partial charge in [-0.05, 0) is 25.7 Å². The molecule has 0 aliphatic rings. The molecule has 0 heterocycles. The molecule has 0 N–H and O–H groups in total. The second-order valence-corrected chi connectivity index (χ2v) is 5.06. The van der Waals surface area contributed by atoms with Crippen LogP contribution in [0.25, 0.3) is 0 Å². The minimum absolute atomic E-state index is 0.116. The maximum atomic E-state index is 11.3. The molecule has 0 atom stereocenters. The van der Waals surface area contributed by atoms with Crippen LogP contribution in [0.1, 0.15) is 78.1 Å². The molecule has 0 aliphatic heterocycles. The highest BCUT2D eigenvalue weighted by Gasteiger charge is 2.03. The first kappa shape index (κ1) is 18.9. The van der Waals surface area contributed by atoms with Gasteiger partial charge in [-0.15, -0.1) is 0 Å². The van der Waals surface area contributed by atoms with Crippen LogP contribution in [0.2, 0.25) is 0 Å². The Hall–Kier alpha value is -1.06. The fourth-order valence-electron chi connectivity index (χ4n) is 1.76. The molecule has 0 fully saturated rings. The second-order valence-electron chi connectivity index (χ2n) is 5.06. The molecule has 0 aromatic rings. The van der Waals surface area contributed by atoms with E-state index in [2.05, 4.69) is 13.8 Å². The maximum absolute atomic E-state index is 11.3. The van der Waals surface area contributed by atoms with Crippen molar-refractivity contribution < 1.29 is 19.1 Å². The van der Waals surface area contributed by atoms with E-state index in [4.69, 9.17) is 9.47 Å². The zero-order valence-electron chi connectivity index (χ0n) is 13.1. The van der Waals surface area contributed by atoms with Crippen molar-refractivity contribution in [3.8, 4) is 0 Å². The van der Waals surface area contributed by atoms with Crippen LogP contribution < -0.4 is 0 Å². The highest BCUT2D eigenvalue weighted by Crippen LogP contribution is 2.03. The number of hydrogen-bond donors (Lipinski definition) is 0. The summed E-state index contributed by atoms with van der Waals surface area (Å²) in [6.07, 6.45) is 8.71. The van der Waals surface area contributed by atoms with Crippen molar-refractivity contribution in [2.24, 2.45) is 0 Å². The fourth-order valence-corrected chi connectivity index (χ4v) is 1.76. The zero-order valence-corrected chi connectivity index (χ0v) is 13.1. The number of carbonyl (C=O) groups excluding carboxylic acids is 2. The Morgan fingerprint density at radius 3 is 1.40 bits per heavy atom. The lowest BCUT2D eigenvalue weighted by molar-refractivity contribution is -0.146. The molecule has 0 saturated heterocycles. The minimum Gasteiger partial charge on any atom is -0.466 e. The highest BCUT2D eigenvalue weighted by atomic mass is 16.5. The number of rotatable bonds is 13. The quantitative estimate of drug-likeness (QED) is 0.379. The molecule has 4 heteroatoms. The molecular formula is C16H30O4. The minimum atomic E-state index is -0.116. The molecule has 0 aliphatic carbocycles. The first-order chi connectivity index (χ1) is 9.70. The van der Waals surface area contributed by atoms with Crippen LogP contribution in [-0.4, -0.2) is 25.2 Å². The van der Waals surface area contributed by atoms with E-state index in [1.165, 1.54) is 0 Å². The van der Waals surface area contributed by atoms with Crippen molar-refractivity contribution in [3.05, 3.63) is 0 Å². The molecule has 0 aromatic heterocycles. The van der Waals surface area contributed by atoms with E-state index in [1.54, 1.807) is 0 Å². The number of carbonyl (C=O) groups is 2. The van der Waals surface area contributed by atoms with Gasteiger partial charge >= 0.3 is 11.9 Å². The van der Waals surface area contributed by atoms with Gasteiger partial charge in [0.15, 0.2) is 0 Å². The molecule has 0 unspecified atom stereocenters. The van der Waals surface area contributed by atoms with Crippen molar-refractivity contribution in [3.63, 3.8) is 0 Å². The number of unbranched alkanes of at least 4 members (excludes halogenated alkanes) is 5. The number of esters is 2. The summed E-state index contributed by atoms with van der Waals surface area (Å²) in [6, 6.07) is 0. The summed E-state index contributed by atoms with van der Waals surface area (Å²) in [6.45, 7) is 5.07. The summed E-state index contributed by atoms with van der Waals surface area (Å²) in [4.78, 5) is 22.6. The van der Waals surface area contributed by atoms with Crippen molar-refractivity contribution in [2.75, 3.05) is 13.2 Å². The SMILES string of the molecule is CCCCCC(=O)OCCCCOC(=O)CCCCC. The van der Waals surface area contributed by atoms with Gasteiger partial charge in [0, 0.05) is 12.8 Å². The summed E-state index contributed by atoms with van der Waals surface area (Å²) in [5, 5.41) is 0. The van der Waals surface area contributed by atoms with Crippen LogP contribution in [0.4, 0.5) is 0 Å². The van der Waals surface area contributed by atoms with Crippen molar-refractivity contribution >= 4 is 11.9 Å². The Balaban J connectivity index is 3.27. The molecule has 0 amide bonds. The molecule has 20 heavy (non-hydrogen) atoms. The van der Waals surface area contributed by atoms with Gasteiger partial charge in [0.1, 0.15) is 0 Å². The van der Waals surface area contributed by atoms with Gasteiger partial charge in [0.2, 0.25) is 0 Å². The molecule has 0 radical (unpaired) electrons. The van der Waals surface area contributed by atoms with E-state index >= 15 is 0 Å². The molecule has 0 spiro atoms. The van der Waals surface area contributed by atoms with Crippen LogP contribution >= 0.6 is 0 Å². The number of ether oxygens (including phenoxy) is 2. The normalized spacial score (nSPS) is 10.3. The summed E-state index contributed by atoms with van der Waals surface area (Å²) in [5.41, 5.74) is 0. The Morgan fingerprint density at radius 2 is 1.05 bits per heavy atom. The fraction of sp³-hybridized carbons (Fsp3) is 0.875. The van der Waals surface area contributed by atoms with Crippen molar-refractivity contribution in [2.45, 2.75) is 78.1 Å². The largest absolute Gasteiger partial charge is 0.466 e. The van der Waals surface area contributed by atoms with Gasteiger partial charge in [-0.2, -0.15) is 0 Å². The van der Waals surface area contributed by atoms with E-state index in [0.717, 1.165) is 51.4 Å². The van der Waals surface area contributed by atoms with Gasteiger partial charge in [-0.1, -0.05) is 39.5 Å². The second kappa shape index (κ2) is 14.4. The van der Waals surface area contributed by atoms with Gasteiger partial charge in [0.05, 0.1) is 13.2 Å². The smallest absolute Gasteiger partial charge is 0.305 e. The lowest BCUT2D eigenvalue weighted by Gasteiger charge is -2.06. The van der Waals surface area contributed by atoms with Crippen LogP contribution in [-0.2, 0) is 19.1 Å². The molecule has 0 bridgehead atoms. The standard InChI is InChI=1S/C16H30O4/c1-3-5-7-11-15(17)19-13-9-10-14-20-16(18)12-8-6-4-2/h3-14H2,1-2H3. The first-order valence-electron chi connectivity index (χ1n) is 8.02. The predicted molar refractivity (Wildman–Crippen MR) is 79.4 cm³/mol. The van der Waals surface area contributed by atoms with Gasteiger partial charge < -0.3 is 9.47 Å². The van der Waals surface area contributed by atoms with Crippen LogP contribution in [0.3, 0.4) is 0 Å². The highest BCUT2D eigenvalue weighted by molar-refractivity contribution is 5.69. The van der Waals surface area contributed by atoms with E-state index in [9.17, 15) is 9.59 Å². The average molecular weight is 286 g/mol. The molecule has 0 aromatic carbocycles. The van der Waals surface area contributed by atoms with Gasteiger partial charge in [-0.3, -0.25) is 9.59 Å². The topological polar surface area (TPSA) is 52.6 Å². The van der Waals surface area contributed by atoms with Crippen molar-refractivity contribution in [1.82, 2.24) is 0 Å². The third-order valence-corrected chi connectivity index (χ3v) is 3.03. The van der Waals surface area contributed by atoms with Crippen LogP contribution in [0.5, 0.6) is 0 Å². The molecule has 0 rings (SSSR count). The third-order valence-electron chi connectivity index (χ3n) is 3.03. The van der Waals surface area contributed by atoms with Crippen LogP contribution in [0.15, 0.2) is 0 Å². The zero-order chi connectivity index (χ0) is 15.1. The van der Waals surface area contributed by atoms with Gasteiger partial charge in [-0.25, -0.2) is 0 Å². The van der Waals surface area contributed by atoms with Crippen molar-refractivity contribution in [1.29, 1.82) is 0 Å². The average Bonchev–Trinajstić information content (AvgIpc) is 2.43. The molecule has 0 saturated carbocycles. The van der Waals surface area contributed by atoms with E-state index in [-0.39, 0.29) is 11.9 Å². The monoisotopic (exact) mass is 286 g/mol. The molecular weight excluding hydrogens is 256 g/mol. The van der Waals surface area contributed by atoms with E-state index in [0.29, 0.717) is 26.1 Å². The molecule has 118 valence electrons. The lowest BCUT2D eigenvalue weighted by Crippen LogP contribution is -2.08. The first-order valence-corrected chi connectivity index (χ1v) is 8.02. The predicted octanol–water partition coefficient (Wildman–Crippen LogP) is 4.01. The Morgan fingerprint density at radius 1 is 0.650 bits per heavy atom. The Bertz CT molecular complexity index is 225. The Kier molecular flexibility index (Phi) is 13.6.